The molecule has 1 heterocycles. The van der Waals surface area contributed by atoms with Crippen LogP contribution in [0.3, 0.4) is 0 Å². The van der Waals surface area contributed by atoms with Crippen LogP contribution in [0.25, 0.3) is 17.0 Å². The molecular weight excluding hydrogens is 448 g/mol. The van der Waals surface area contributed by atoms with Crippen LogP contribution in [0, 0.1) is 13.8 Å². The van der Waals surface area contributed by atoms with E-state index in [0.29, 0.717) is 11.5 Å². The maximum atomic E-state index is 12.7. The molecule has 1 aromatic heterocycles. The molecule has 0 amide bonds. The maximum absolute atomic E-state index is 12.7. The number of benzene rings is 2. The van der Waals surface area contributed by atoms with Gasteiger partial charge in [0.1, 0.15) is 16.9 Å². The van der Waals surface area contributed by atoms with Crippen LogP contribution in [0.15, 0.2) is 51.8 Å². The van der Waals surface area contributed by atoms with Crippen LogP contribution >= 0.6 is 11.8 Å². The first kappa shape index (κ1) is 25.6. The van der Waals surface area contributed by atoms with Gasteiger partial charge in [-0.3, -0.25) is 4.79 Å². The number of allylic oxidation sites excluding steroid dienone is 1. The Morgan fingerprint density at radius 2 is 1.65 bits per heavy atom. The van der Waals surface area contributed by atoms with Crippen molar-refractivity contribution in [2.24, 2.45) is 0 Å². The van der Waals surface area contributed by atoms with Gasteiger partial charge in [-0.05, 0) is 102 Å². The van der Waals surface area contributed by atoms with E-state index in [1.807, 2.05) is 71.2 Å². The molecule has 3 aromatic rings. The number of ether oxygens (including phenoxy) is 2. The Morgan fingerprint density at radius 3 is 2.24 bits per heavy atom. The normalized spacial score (nSPS) is 12.4. The standard InChI is InChI=1S/C28H32O5S/c1-17-14-19(15-18(2)24(17)32-28(6,7)26(30)33-27(3,4)5)12-13-21(29)22-16-20-10-9-11-23(34-8)25(20)31-22/h9-16H,1-8H3/b13-12+. The summed E-state index contributed by atoms with van der Waals surface area (Å²) in [5, 5.41) is 0.907. The molecule has 0 atom stereocenters. The zero-order valence-electron chi connectivity index (χ0n) is 21.1. The highest BCUT2D eigenvalue weighted by Gasteiger charge is 2.35. The summed E-state index contributed by atoms with van der Waals surface area (Å²) in [4.78, 5) is 26.3. The molecule has 5 nitrogen and oxygen atoms in total. The Hall–Kier alpha value is -2.99. The minimum atomic E-state index is -1.15. The van der Waals surface area contributed by atoms with E-state index in [9.17, 15) is 9.59 Å². The van der Waals surface area contributed by atoms with Crippen molar-refractivity contribution in [2.45, 2.75) is 64.6 Å². The molecule has 2 aromatic carbocycles. The molecule has 0 unspecified atom stereocenters. The number of para-hydroxylation sites is 1. The van der Waals surface area contributed by atoms with E-state index in [4.69, 9.17) is 13.9 Å². The van der Waals surface area contributed by atoms with E-state index >= 15 is 0 Å². The first-order chi connectivity index (χ1) is 15.8. The first-order valence-electron chi connectivity index (χ1n) is 11.1. The van der Waals surface area contributed by atoms with Crippen molar-refractivity contribution >= 4 is 40.6 Å². The van der Waals surface area contributed by atoms with E-state index in [1.54, 1.807) is 37.8 Å². The molecule has 0 aliphatic rings. The lowest BCUT2D eigenvalue weighted by Gasteiger charge is -2.30. The largest absolute Gasteiger partial charge is 0.476 e. The summed E-state index contributed by atoms with van der Waals surface area (Å²) >= 11 is 1.58. The van der Waals surface area contributed by atoms with Crippen LogP contribution in [-0.2, 0) is 9.53 Å². The van der Waals surface area contributed by atoms with Crippen molar-refractivity contribution in [2.75, 3.05) is 6.26 Å². The lowest BCUT2D eigenvalue weighted by Crippen LogP contribution is -2.43. The van der Waals surface area contributed by atoms with Crippen molar-refractivity contribution in [1.29, 1.82) is 0 Å². The van der Waals surface area contributed by atoms with Gasteiger partial charge in [-0.25, -0.2) is 4.79 Å². The van der Waals surface area contributed by atoms with Crippen LogP contribution in [0.4, 0.5) is 0 Å². The molecule has 3 rings (SSSR count). The highest BCUT2D eigenvalue weighted by Crippen LogP contribution is 2.31. The highest BCUT2D eigenvalue weighted by molar-refractivity contribution is 7.98. The van der Waals surface area contributed by atoms with Crippen molar-refractivity contribution in [3.8, 4) is 5.75 Å². The molecule has 0 bridgehead atoms. The molecule has 0 radical (unpaired) electrons. The van der Waals surface area contributed by atoms with Gasteiger partial charge in [-0.1, -0.05) is 18.2 Å². The lowest BCUT2D eigenvalue weighted by molar-refractivity contribution is -0.171. The average Bonchev–Trinajstić information content (AvgIpc) is 3.18. The van der Waals surface area contributed by atoms with Crippen LogP contribution in [0.5, 0.6) is 5.75 Å². The number of esters is 1. The van der Waals surface area contributed by atoms with E-state index in [1.165, 1.54) is 6.08 Å². The van der Waals surface area contributed by atoms with Crippen molar-refractivity contribution < 1.29 is 23.5 Å². The third-order valence-corrected chi connectivity index (χ3v) is 5.89. The molecule has 0 aliphatic heterocycles. The summed E-state index contributed by atoms with van der Waals surface area (Å²) < 4.78 is 17.4. The zero-order valence-corrected chi connectivity index (χ0v) is 21.9. The molecule has 0 saturated heterocycles. The van der Waals surface area contributed by atoms with E-state index in [0.717, 1.165) is 32.6 Å². The van der Waals surface area contributed by atoms with Gasteiger partial charge in [0.15, 0.2) is 11.4 Å². The fourth-order valence-corrected chi connectivity index (χ4v) is 4.07. The quantitative estimate of drug-likeness (QED) is 0.155. The van der Waals surface area contributed by atoms with Gasteiger partial charge < -0.3 is 13.9 Å². The summed E-state index contributed by atoms with van der Waals surface area (Å²) in [6, 6.07) is 11.5. The van der Waals surface area contributed by atoms with E-state index in [-0.39, 0.29) is 5.78 Å². The molecule has 0 N–H and O–H groups in total. The number of hydrogen-bond donors (Lipinski definition) is 0. The molecule has 0 saturated carbocycles. The number of carbonyl (C=O) groups excluding carboxylic acids is 2. The fourth-order valence-electron chi connectivity index (χ4n) is 3.51. The minimum Gasteiger partial charge on any atom is -0.476 e. The topological polar surface area (TPSA) is 65.7 Å². The number of rotatable bonds is 7. The lowest BCUT2D eigenvalue weighted by atomic mass is 10.0. The minimum absolute atomic E-state index is 0.204. The maximum Gasteiger partial charge on any atom is 0.350 e. The number of furan rings is 1. The molecule has 0 fully saturated rings. The van der Waals surface area contributed by atoms with E-state index in [2.05, 4.69) is 0 Å². The third-order valence-electron chi connectivity index (χ3n) is 5.13. The number of ketones is 1. The fraction of sp³-hybridized carbons (Fsp3) is 0.357. The van der Waals surface area contributed by atoms with Crippen molar-refractivity contribution in [3.63, 3.8) is 0 Å². The Labute approximate surface area is 205 Å². The predicted molar refractivity (Wildman–Crippen MR) is 138 cm³/mol. The average molecular weight is 481 g/mol. The second-order valence-corrected chi connectivity index (χ2v) is 10.6. The van der Waals surface area contributed by atoms with Gasteiger partial charge >= 0.3 is 5.97 Å². The smallest absolute Gasteiger partial charge is 0.350 e. The molecule has 180 valence electrons. The zero-order chi connectivity index (χ0) is 25.3. The monoisotopic (exact) mass is 480 g/mol. The summed E-state index contributed by atoms with van der Waals surface area (Å²) in [6.45, 7) is 12.7. The summed E-state index contributed by atoms with van der Waals surface area (Å²) in [5.41, 5.74) is 1.56. The van der Waals surface area contributed by atoms with Crippen molar-refractivity contribution in [1.82, 2.24) is 0 Å². The third kappa shape index (κ3) is 5.92. The number of fused-ring (bicyclic) bond motifs is 1. The molecule has 0 aliphatic carbocycles. The van der Waals surface area contributed by atoms with Gasteiger partial charge in [0.2, 0.25) is 5.78 Å². The number of aryl methyl sites for hydroxylation is 2. The molecule has 34 heavy (non-hydrogen) atoms. The second-order valence-electron chi connectivity index (χ2n) is 9.78. The van der Waals surface area contributed by atoms with Gasteiger partial charge in [0, 0.05) is 5.39 Å². The predicted octanol–water partition coefficient (Wildman–Crippen LogP) is 7.17. The van der Waals surface area contributed by atoms with Crippen LogP contribution in [0.2, 0.25) is 0 Å². The number of thioether (sulfide) groups is 1. The summed E-state index contributed by atoms with van der Waals surface area (Å²) in [6.07, 6.45) is 5.25. The number of carbonyl (C=O) groups is 2. The van der Waals surface area contributed by atoms with Gasteiger partial charge in [0.05, 0.1) is 4.90 Å². The summed E-state index contributed by atoms with van der Waals surface area (Å²) in [7, 11) is 0. The Balaban J connectivity index is 1.79. The Morgan fingerprint density at radius 1 is 1.00 bits per heavy atom. The second kappa shape index (κ2) is 9.71. The van der Waals surface area contributed by atoms with Crippen LogP contribution in [-0.4, -0.2) is 29.2 Å². The van der Waals surface area contributed by atoms with Crippen LogP contribution in [0.1, 0.15) is 61.9 Å². The summed E-state index contributed by atoms with van der Waals surface area (Å²) in [5.74, 6) is 0.301. The van der Waals surface area contributed by atoms with Gasteiger partial charge in [0.25, 0.3) is 0 Å². The highest BCUT2D eigenvalue weighted by atomic mass is 32.2. The Kier molecular flexibility index (Phi) is 7.32. The number of hydrogen-bond acceptors (Lipinski definition) is 6. The van der Waals surface area contributed by atoms with Crippen molar-refractivity contribution in [3.05, 3.63) is 64.9 Å². The molecule has 0 spiro atoms. The molecular formula is C28H32O5S. The Bertz CT molecular complexity index is 1230. The van der Waals surface area contributed by atoms with Crippen LogP contribution < -0.4 is 4.74 Å². The van der Waals surface area contributed by atoms with E-state index < -0.39 is 17.2 Å². The molecule has 6 heteroatoms. The first-order valence-corrected chi connectivity index (χ1v) is 12.4. The SMILES string of the molecule is CSc1cccc2cc(C(=O)/C=C/c3cc(C)c(OC(C)(C)C(=O)OC(C)(C)C)c(C)c3)oc12. The van der Waals surface area contributed by atoms with Gasteiger partial charge in [-0.15, -0.1) is 11.8 Å². The van der Waals surface area contributed by atoms with Gasteiger partial charge in [-0.2, -0.15) is 0 Å².